The fourth-order valence-electron chi connectivity index (χ4n) is 2.06. The van der Waals surface area contributed by atoms with Crippen LogP contribution in [0.15, 0.2) is 30.3 Å². The predicted octanol–water partition coefficient (Wildman–Crippen LogP) is 3.89. The molecule has 3 atom stereocenters. The zero-order chi connectivity index (χ0) is 16.8. The third kappa shape index (κ3) is 6.95. The van der Waals surface area contributed by atoms with Crippen molar-refractivity contribution in [2.45, 2.75) is 52.1 Å². The second-order valence-electron chi connectivity index (χ2n) is 6.79. The van der Waals surface area contributed by atoms with Crippen LogP contribution in [-0.4, -0.2) is 27.7 Å². The Morgan fingerprint density at radius 3 is 2.36 bits per heavy atom. The van der Waals surface area contributed by atoms with Crippen LogP contribution in [0.25, 0.3) is 0 Å². The molecule has 1 aromatic rings. The van der Waals surface area contributed by atoms with Crippen LogP contribution in [0.3, 0.4) is 0 Å². The fourth-order valence-corrected chi connectivity index (χ4v) is 2.99. The number of hydrogen-bond donors (Lipinski definition) is 1. The van der Waals surface area contributed by atoms with Crippen LogP contribution in [0.2, 0.25) is 0 Å². The molecule has 1 rings (SSSR count). The number of carbonyl (C=O) groups excluding carboxylic acids is 1. The van der Waals surface area contributed by atoms with Gasteiger partial charge < -0.3 is 9.84 Å². The lowest BCUT2D eigenvalue weighted by Crippen LogP contribution is -2.33. The molecule has 22 heavy (non-hydrogen) atoms. The maximum absolute atomic E-state index is 12.2. The average molecular weight is 324 g/mol. The van der Waals surface area contributed by atoms with Crippen LogP contribution < -0.4 is 0 Å². The van der Waals surface area contributed by atoms with E-state index in [0.717, 1.165) is 5.56 Å². The van der Waals surface area contributed by atoms with Crippen molar-refractivity contribution in [2.24, 2.45) is 11.8 Å². The highest BCUT2D eigenvalue weighted by atomic mass is 32.2. The van der Waals surface area contributed by atoms with Gasteiger partial charge in [0.1, 0.15) is 0 Å². The van der Waals surface area contributed by atoms with Crippen molar-refractivity contribution >= 4 is 16.9 Å². The predicted molar refractivity (Wildman–Crippen MR) is 92.8 cm³/mol. The molecule has 0 saturated heterocycles. The molecule has 0 aliphatic carbocycles. The fraction of sp³-hybridized carbons (Fsp3) is 0.611. The van der Waals surface area contributed by atoms with Gasteiger partial charge in [-0.25, -0.2) is 0 Å². The molecule has 0 bridgehead atoms. The molecule has 0 saturated carbocycles. The van der Waals surface area contributed by atoms with Crippen molar-refractivity contribution in [1.82, 2.24) is 0 Å². The topological polar surface area (TPSA) is 46.5 Å². The first-order valence-corrected chi connectivity index (χ1v) is 8.55. The molecule has 0 aromatic heterocycles. The molecular weight excluding hydrogens is 296 g/mol. The largest absolute Gasteiger partial charge is 0.392 e. The molecule has 0 fully saturated rings. The quantitative estimate of drug-likeness (QED) is 0.826. The van der Waals surface area contributed by atoms with Crippen LogP contribution >= 0.6 is 11.8 Å². The van der Waals surface area contributed by atoms with Gasteiger partial charge in [0, 0.05) is 10.7 Å². The normalized spacial score (nSPS) is 16.1. The van der Waals surface area contributed by atoms with Gasteiger partial charge in [-0.05, 0) is 5.56 Å². The van der Waals surface area contributed by atoms with Gasteiger partial charge in [0.15, 0.2) is 5.12 Å². The Morgan fingerprint density at radius 2 is 1.82 bits per heavy atom. The molecule has 1 N–H and O–H groups in total. The summed E-state index contributed by atoms with van der Waals surface area (Å²) in [6.07, 6.45) is -0.682. The van der Waals surface area contributed by atoms with Crippen LogP contribution in [0, 0.1) is 11.8 Å². The Kier molecular flexibility index (Phi) is 7.60. The lowest BCUT2D eigenvalue weighted by molar-refractivity contribution is -0.118. The van der Waals surface area contributed by atoms with Gasteiger partial charge in [-0.15, -0.1) is 0 Å². The van der Waals surface area contributed by atoms with Crippen LogP contribution in [-0.2, 0) is 16.1 Å². The van der Waals surface area contributed by atoms with Gasteiger partial charge in [0.25, 0.3) is 0 Å². The van der Waals surface area contributed by atoms with E-state index < -0.39 is 6.10 Å². The summed E-state index contributed by atoms with van der Waals surface area (Å²) in [6.45, 7) is 10.7. The molecular formula is C18H28O3S. The Balaban J connectivity index is 2.40. The van der Waals surface area contributed by atoms with Gasteiger partial charge in [0.2, 0.25) is 0 Å². The Hall–Kier alpha value is -0.840. The van der Waals surface area contributed by atoms with Crippen molar-refractivity contribution in [3.63, 3.8) is 0 Å². The summed E-state index contributed by atoms with van der Waals surface area (Å²) in [5.74, 6) is -0.470. The lowest BCUT2D eigenvalue weighted by atomic mass is 9.95. The van der Waals surface area contributed by atoms with Crippen molar-refractivity contribution < 1.29 is 14.6 Å². The summed E-state index contributed by atoms with van der Waals surface area (Å²) in [4.78, 5) is 12.2. The highest BCUT2D eigenvalue weighted by Gasteiger charge is 2.30. The minimum absolute atomic E-state index is 0.0370. The number of rotatable bonds is 7. The molecule has 0 unspecified atom stereocenters. The van der Waals surface area contributed by atoms with Crippen molar-refractivity contribution in [3.8, 4) is 0 Å². The maximum atomic E-state index is 12.2. The molecule has 0 radical (unpaired) electrons. The first-order chi connectivity index (χ1) is 10.2. The summed E-state index contributed by atoms with van der Waals surface area (Å²) in [5, 5.41) is 10.4. The number of thioether (sulfide) groups is 1. The lowest BCUT2D eigenvalue weighted by Gasteiger charge is -2.26. The maximum Gasteiger partial charge on any atom is 0.194 e. The first kappa shape index (κ1) is 19.2. The number of aliphatic hydroxyl groups is 1. The van der Waals surface area contributed by atoms with Gasteiger partial charge in [0.05, 0.1) is 25.2 Å². The van der Waals surface area contributed by atoms with E-state index in [4.69, 9.17) is 4.74 Å². The van der Waals surface area contributed by atoms with Crippen LogP contribution in [0.4, 0.5) is 0 Å². The number of aliphatic hydroxyl groups excluding tert-OH is 1. The zero-order valence-corrected chi connectivity index (χ0v) is 15.0. The number of ether oxygens (including phenoxy) is 1. The van der Waals surface area contributed by atoms with E-state index in [9.17, 15) is 9.90 Å². The first-order valence-electron chi connectivity index (χ1n) is 7.73. The van der Waals surface area contributed by atoms with Gasteiger partial charge >= 0.3 is 0 Å². The molecule has 0 aliphatic rings. The third-order valence-corrected chi connectivity index (χ3v) is 4.55. The minimum atomic E-state index is -0.682. The summed E-state index contributed by atoms with van der Waals surface area (Å²) in [6, 6.07) is 9.93. The van der Waals surface area contributed by atoms with E-state index in [2.05, 4.69) is 0 Å². The molecule has 4 heteroatoms. The Labute approximate surface area is 138 Å². The van der Waals surface area contributed by atoms with E-state index in [1.54, 1.807) is 6.92 Å². The van der Waals surface area contributed by atoms with Gasteiger partial charge in [-0.3, -0.25) is 4.79 Å². The summed E-state index contributed by atoms with van der Waals surface area (Å²) >= 11 is 1.29. The molecule has 0 spiro atoms. The van der Waals surface area contributed by atoms with Gasteiger partial charge in [-0.1, -0.05) is 76.7 Å². The molecule has 1 aromatic carbocycles. The average Bonchev–Trinajstić information content (AvgIpc) is 2.44. The smallest absolute Gasteiger partial charge is 0.194 e. The van der Waals surface area contributed by atoms with E-state index in [1.807, 2.05) is 58.0 Å². The highest BCUT2D eigenvalue weighted by Crippen LogP contribution is 2.29. The summed E-state index contributed by atoms with van der Waals surface area (Å²) < 4.78 is 5.53. The standard InChI is InChI=1S/C18H28O3S/c1-13(11-21-12-15-9-7-6-8-10-15)16(19)14(2)17(20)22-18(3,4)5/h6-10,13-14,16,19H,11-12H2,1-5H3/t13-,14+,16+/m1/s1. The number of hydrogen-bond acceptors (Lipinski definition) is 4. The molecule has 124 valence electrons. The second kappa shape index (κ2) is 8.70. The summed E-state index contributed by atoms with van der Waals surface area (Å²) in [5.41, 5.74) is 1.11. The SMILES string of the molecule is C[C@H](COCc1ccccc1)[C@H](O)[C@H](C)C(=O)SC(C)(C)C. The third-order valence-electron chi connectivity index (χ3n) is 3.37. The van der Waals surface area contributed by atoms with Crippen molar-refractivity contribution in [3.05, 3.63) is 35.9 Å². The van der Waals surface area contributed by atoms with Crippen molar-refractivity contribution in [2.75, 3.05) is 6.61 Å². The van der Waals surface area contributed by atoms with Crippen LogP contribution in [0.1, 0.15) is 40.2 Å². The van der Waals surface area contributed by atoms with E-state index in [0.29, 0.717) is 13.2 Å². The second-order valence-corrected chi connectivity index (χ2v) is 8.62. The highest BCUT2D eigenvalue weighted by molar-refractivity contribution is 8.14. The van der Waals surface area contributed by atoms with Crippen LogP contribution in [0.5, 0.6) is 0 Å². The van der Waals surface area contributed by atoms with Crippen molar-refractivity contribution in [1.29, 1.82) is 0 Å². The van der Waals surface area contributed by atoms with E-state index in [1.165, 1.54) is 11.8 Å². The summed E-state index contributed by atoms with van der Waals surface area (Å²) in [7, 11) is 0. The van der Waals surface area contributed by atoms with Gasteiger partial charge in [-0.2, -0.15) is 0 Å². The Morgan fingerprint density at radius 1 is 1.23 bits per heavy atom. The monoisotopic (exact) mass is 324 g/mol. The molecule has 0 heterocycles. The minimum Gasteiger partial charge on any atom is -0.392 e. The molecule has 0 aliphatic heterocycles. The molecule has 0 amide bonds. The molecule has 3 nitrogen and oxygen atoms in total. The zero-order valence-electron chi connectivity index (χ0n) is 14.2. The number of carbonyl (C=O) groups is 1. The Bertz CT molecular complexity index is 453. The van der Waals surface area contributed by atoms with E-state index >= 15 is 0 Å². The number of benzene rings is 1. The van der Waals surface area contributed by atoms with E-state index in [-0.39, 0.29) is 21.7 Å².